The van der Waals surface area contributed by atoms with Gasteiger partial charge in [-0.1, -0.05) is 158 Å². The highest BCUT2D eigenvalue weighted by Crippen LogP contribution is 2.41. The lowest BCUT2D eigenvalue weighted by molar-refractivity contribution is 0.950. The highest BCUT2D eigenvalue weighted by atomic mass is 15.2. The monoisotopic (exact) mass is 663 g/mol. The quantitative estimate of drug-likeness (QED) is 0.188. The summed E-state index contributed by atoms with van der Waals surface area (Å²) in [7, 11) is 0. The first-order valence-electron chi connectivity index (χ1n) is 17.5. The zero-order valence-electron chi connectivity index (χ0n) is 28.0. The second-order valence-electron chi connectivity index (χ2n) is 13.3. The fraction of sp³-hybridized carbons (Fsp3) is 0. The van der Waals surface area contributed by atoms with Gasteiger partial charge in [0, 0.05) is 32.7 Å². The predicted octanol–water partition coefficient (Wildman–Crippen LogP) is 11.7. The molecule has 5 heteroatoms. The van der Waals surface area contributed by atoms with E-state index in [1.165, 1.54) is 38.1 Å². The lowest BCUT2D eigenvalue weighted by Crippen LogP contribution is -2.07. The molecule has 0 saturated heterocycles. The first-order chi connectivity index (χ1) is 25.8. The molecule has 0 fully saturated rings. The molecule has 0 amide bonds. The van der Waals surface area contributed by atoms with E-state index in [9.17, 15) is 0 Å². The molecule has 11 rings (SSSR count). The van der Waals surface area contributed by atoms with Gasteiger partial charge >= 0.3 is 0 Å². The first-order valence-corrected chi connectivity index (χ1v) is 17.5. The van der Waals surface area contributed by atoms with Gasteiger partial charge in [-0.3, -0.25) is 4.57 Å². The standard InChI is InChI=1S/C47H29N5/c1-3-12-30(13-4-1)31-22-24-35(25-23-31)46-48-45(34-15-5-2-6-16-34)49-47(50-46)51-39-19-9-10-20-40(39)52-43-36-18-8-7-14-32(36)26-28-37(43)38-29-27-33-17-11-21-41(51)42(33)44(38)52/h1-29H. The van der Waals surface area contributed by atoms with Crippen molar-refractivity contribution < 1.29 is 0 Å². The van der Waals surface area contributed by atoms with Crippen LogP contribution in [-0.4, -0.2) is 23.9 Å². The summed E-state index contributed by atoms with van der Waals surface area (Å²) < 4.78 is 4.70. The molecule has 0 unspecified atom stereocenters. The van der Waals surface area contributed by atoms with Gasteiger partial charge in [0.2, 0.25) is 5.95 Å². The van der Waals surface area contributed by atoms with Crippen LogP contribution >= 0.6 is 0 Å². The van der Waals surface area contributed by atoms with Crippen LogP contribution < -0.4 is 0 Å². The van der Waals surface area contributed by atoms with E-state index in [0.29, 0.717) is 17.6 Å². The van der Waals surface area contributed by atoms with Crippen molar-refractivity contribution >= 4 is 59.9 Å². The fourth-order valence-electron chi connectivity index (χ4n) is 7.98. The smallest absolute Gasteiger partial charge is 0.238 e. The molecule has 3 aromatic heterocycles. The van der Waals surface area contributed by atoms with Crippen molar-refractivity contribution in [2.45, 2.75) is 0 Å². The van der Waals surface area contributed by atoms with Crippen LogP contribution in [0.4, 0.5) is 0 Å². The Kier molecular flexibility index (Phi) is 6.18. The zero-order valence-corrected chi connectivity index (χ0v) is 28.0. The van der Waals surface area contributed by atoms with E-state index in [-0.39, 0.29) is 0 Å². The van der Waals surface area contributed by atoms with Crippen LogP contribution in [0.3, 0.4) is 0 Å². The number of para-hydroxylation sites is 2. The molecule has 0 aliphatic rings. The molecule has 3 heterocycles. The first kappa shape index (κ1) is 28.7. The van der Waals surface area contributed by atoms with Crippen LogP contribution in [0.15, 0.2) is 176 Å². The molecule has 5 nitrogen and oxygen atoms in total. The van der Waals surface area contributed by atoms with Gasteiger partial charge in [-0.25, -0.2) is 4.98 Å². The summed E-state index contributed by atoms with van der Waals surface area (Å²) in [4.78, 5) is 15.7. The third-order valence-corrected chi connectivity index (χ3v) is 10.3. The van der Waals surface area contributed by atoms with E-state index < -0.39 is 0 Å². The number of fused-ring (bicyclic) bond motifs is 7. The number of nitrogens with zero attached hydrogens (tertiary/aromatic N) is 5. The molecule has 52 heavy (non-hydrogen) atoms. The van der Waals surface area contributed by atoms with E-state index in [2.05, 4.69) is 161 Å². The molecule has 242 valence electrons. The molecule has 0 atom stereocenters. The highest BCUT2D eigenvalue weighted by molar-refractivity contribution is 6.27. The molecule has 0 saturated carbocycles. The number of hydrogen-bond acceptors (Lipinski definition) is 3. The van der Waals surface area contributed by atoms with Crippen molar-refractivity contribution in [2.24, 2.45) is 0 Å². The van der Waals surface area contributed by atoms with E-state index in [0.717, 1.165) is 44.0 Å². The zero-order chi connectivity index (χ0) is 34.2. The van der Waals surface area contributed by atoms with Crippen molar-refractivity contribution in [3.63, 3.8) is 0 Å². The van der Waals surface area contributed by atoms with Crippen LogP contribution in [0.1, 0.15) is 0 Å². The minimum atomic E-state index is 0.563. The third-order valence-electron chi connectivity index (χ3n) is 10.3. The Labute approximate surface area is 298 Å². The lowest BCUT2D eigenvalue weighted by atomic mass is 10.0. The second-order valence-corrected chi connectivity index (χ2v) is 13.3. The molecule has 0 aliphatic carbocycles. The van der Waals surface area contributed by atoms with Gasteiger partial charge in [0.15, 0.2) is 11.6 Å². The van der Waals surface area contributed by atoms with Gasteiger partial charge in [0.25, 0.3) is 0 Å². The minimum absolute atomic E-state index is 0.563. The summed E-state index contributed by atoms with van der Waals surface area (Å²) in [5.74, 6) is 1.80. The minimum Gasteiger partial charge on any atom is -0.306 e. The summed E-state index contributed by atoms with van der Waals surface area (Å²) in [5.41, 5.74) is 9.64. The Morgan fingerprint density at radius 3 is 1.63 bits per heavy atom. The molecular weight excluding hydrogens is 635 g/mol. The highest BCUT2D eigenvalue weighted by Gasteiger charge is 2.22. The van der Waals surface area contributed by atoms with Crippen LogP contribution in [-0.2, 0) is 0 Å². The molecule has 8 aromatic carbocycles. The molecule has 11 aromatic rings. The van der Waals surface area contributed by atoms with Crippen LogP contribution in [0, 0.1) is 0 Å². The van der Waals surface area contributed by atoms with E-state index >= 15 is 0 Å². The molecule has 0 spiro atoms. The number of hydrogen-bond donors (Lipinski definition) is 0. The Morgan fingerprint density at radius 2 is 0.865 bits per heavy atom. The van der Waals surface area contributed by atoms with Crippen LogP contribution in [0.2, 0.25) is 0 Å². The third kappa shape index (κ3) is 4.26. The van der Waals surface area contributed by atoms with Crippen LogP contribution in [0.5, 0.6) is 0 Å². The van der Waals surface area contributed by atoms with Crippen LogP contribution in [0.25, 0.3) is 99.8 Å². The van der Waals surface area contributed by atoms with Gasteiger partial charge in [0.1, 0.15) is 0 Å². The summed E-state index contributed by atoms with van der Waals surface area (Å²) in [6.07, 6.45) is 0. The molecule has 0 aliphatic heterocycles. The maximum atomic E-state index is 5.30. The molecule has 0 bridgehead atoms. The Hall–Kier alpha value is -7.11. The molecule has 0 radical (unpaired) electrons. The van der Waals surface area contributed by atoms with Gasteiger partial charge in [0.05, 0.1) is 27.6 Å². The van der Waals surface area contributed by atoms with Crippen molar-refractivity contribution in [3.8, 4) is 39.9 Å². The maximum Gasteiger partial charge on any atom is 0.238 e. The predicted molar refractivity (Wildman–Crippen MR) is 214 cm³/mol. The SMILES string of the molecule is c1ccc(-c2ccc(-c3nc(-c4ccccc4)nc(-n4c5cccc6ccc7c8ccc9ccccc9c8n(c8ccccc84)c7c65)n3)cc2)cc1. The maximum absolute atomic E-state index is 5.30. The summed E-state index contributed by atoms with van der Waals surface area (Å²) in [6, 6.07) is 62.0. The number of benzene rings is 8. The normalized spacial score (nSPS) is 11.8. The lowest BCUT2D eigenvalue weighted by Gasteiger charge is -2.14. The van der Waals surface area contributed by atoms with E-state index in [1.807, 2.05) is 24.3 Å². The molecular formula is C47H29N5. The van der Waals surface area contributed by atoms with E-state index in [4.69, 9.17) is 15.0 Å². The second kappa shape index (κ2) is 11.2. The van der Waals surface area contributed by atoms with Crippen molar-refractivity contribution in [1.82, 2.24) is 23.9 Å². The van der Waals surface area contributed by atoms with Crippen molar-refractivity contribution in [3.05, 3.63) is 176 Å². The summed E-state index contributed by atoms with van der Waals surface area (Å²) in [5, 5.41) is 7.21. The largest absolute Gasteiger partial charge is 0.306 e. The van der Waals surface area contributed by atoms with E-state index in [1.54, 1.807) is 0 Å². The Balaban J connectivity index is 1.28. The van der Waals surface area contributed by atoms with Gasteiger partial charge in [-0.2, -0.15) is 9.97 Å². The topological polar surface area (TPSA) is 48.0 Å². The fourth-order valence-corrected chi connectivity index (χ4v) is 7.98. The van der Waals surface area contributed by atoms with Crippen molar-refractivity contribution in [2.75, 3.05) is 0 Å². The Bertz CT molecular complexity index is 3160. The average Bonchev–Trinajstić information content (AvgIpc) is 3.50. The summed E-state index contributed by atoms with van der Waals surface area (Å²) >= 11 is 0. The summed E-state index contributed by atoms with van der Waals surface area (Å²) in [6.45, 7) is 0. The van der Waals surface area contributed by atoms with Gasteiger partial charge in [-0.05, 0) is 40.1 Å². The molecule has 0 N–H and O–H groups in total. The Morgan fingerprint density at radius 1 is 0.327 bits per heavy atom. The van der Waals surface area contributed by atoms with Gasteiger partial charge in [-0.15, -0.1) is 0 Å². The number of aromatic nitrogens is 5. The number of rotatable bonds is 4. The van der Waals surface area contributed by atoms with Gasteiger partial charge < -0.3 is 4.40 Å². The average molecular weight is 664 g/mol. The van der Waals surface area contributed by atoms with Crippen molar-refractivity contribution in [1.29, 1.82) is 0 Å².